The standard InChI is InChI=1S/C17H18N4S.2ClH/c1-11(2)19-16(18)12-8-9-14-15(10-12)22-17(21-14)20-13-6-4-3-5-7-13;;/h3-11H,1-2H3,(H2,18,19)(H,20,21);2*1H. The van der Waals surface area contributed by atoms with Crippen LogP contribution in [0.5, 0.6) is 0 Å². The molecule has 0 aliphatic carbocycles. The van der Waals surface area contributed by atoms with E-state index >= 15 is 0 Å². The number of para-hydroxylation sites is 1. The van der Waals surface area contributed by atoms with E-state index in [0.717, 1.165) is 26.6 Å². The lowest BCUT2D eigenvalue weighted by molar-refractivity contribution is 0.834. The van der Waals surface area contributed by atoms with Crippen LogP contribution >= 0.6 is 36.2 Å². The number of hydrogen-bond acceptors (Lipinski definition) is 4. The number of aromatic nitrogens is 1. The van der Waals surface area contributed by atoms with Gasteiger partial charge in [0, 0.05) is 17.3 Å². The van der Waals surface area contributed by atoms with Crippen molar-refractivity contribution in [3.8, 4) is 0 Å². The van der Waals surface area contributed by atoms with Gasteiger partial charge in [-0.2, -0.15) is 0 Å². The molecule has 3 N–H and O–H groups in total. The van der Waals surface area contributed by atoms with Gasteiger partial charge in [0.25, 0.3) is 0 Å². The third-order valence-electron chi connectivity index (χ3n) is 3.11. The third-order valence-corrected chi connectivity index (χ3v) is 4.04. The van der Waals surface area contributed by atoms with E-state index in [1.165, 1.54) is 0 Å². The molecule has 128 valence electrons. The van der Waals surface area contributed by atoms with Gasteiger partial charge in [-0.25, -0.2) is 4.98 Å². The molecule has 0 aliphatic heterocycles. The number of rotatable bonds is 4. The van der Waals surface area contributed by atoms with E-state index in [2.05, 4.69) is 15.3 Å². The Hall–Kier alpha value is -1.82. The zero-order valence-electron chi connectivity index (χ0n) is 13.4. The predicted octanol–water partition coefficient (Wildman–Crippen LogP) is 5.00. The van der Waals surface area contributed by atoms with Crippen molar-refractivity contribution in [3.05, 3.63) is 54.1 Å². The van der Waals surface area contributed by atoms with Crippen LogP contribution in [0.15, 0.2) is 53.5 Å². The fourth-order valence-corrected chi connectivity index (χ4v) is 3.06. The van der Waals surface area contributed by atoms with Crippen molar-refractivity contribution in [3.63, 3.8) is 0 Å². The van der Waals surface area contributed by atoms with Gasteiger partial charge in [-0.15, -0.1) is 24.8 Å². The molecule has 0 unspecified atom stereocenters. The normalized spacial score (nSPS) is 11.0. The maximum atomic E-state index is 6.04. The first-order chi connectivity index (χ1) is 10.6. The first-order valence-electron chi connectivity index (χ1n) is 7.18. The molecule has 1 aromatic heterocycles. The second-order valence-corrected chi connectivity index (χ2v) is 6.33. The van der Waals surface area contributed by atoms with Crippen molar-refractivity contribution < 1.29 is 0 Å². The summed E-state index contributed by atoms with van der Waals surface area (Å²) < 4.78 is 1.10. The average molecular weight is 383 g/mol. The van der Waals surface area contributed by atoms with Crippen molar-refractivity contribution in [1.82, 2.24) is 4.98 Å². The molecule has 3 rings (SSSR count). The van der Waals surface area contributed by atoms with Crippen LogP contribution in [0.3, 0.4) is 0 Å². The lowest BCUT2D eigenvalue weighted by Crippen LogP contribution is -2.15. The van der Waals surface area contributed by atoms with E-state index in [-0.39, 0.29) is 30.9 Å². The number of halogens is 2. The molecule has 7 heteroatoms. The molecule has 2 aromatic carbocycles. The second kappa shape index (κ2) is 8.87. The molecule has 0 aliphatic rings. The van der Waals surface area contributed by atoms with Crippen LogP contribution in [0.4, 0.5) is 10.8 Å². The highest BCUT2D eigenvalue weighted by atomic mass is 35.5. The van der Waals surface area contributed by atoms with E-state index < -0.39 is 0 Å². The maximum Gasteiger partial charge on any atom is 0.188 e. The summed E-state index contributed by atoms with van der Waals surface area (Å²) in [6.45, 7) is 4.03. The van der Waals surface area contributed by atoms with E-state index in [4.69, 9.17) is 5.73 Å². The number of hydrogen-bond donors (Lipinski definition) is 2. The van der Waals surface area contributed by atoms with Crippen LogP contribution in [-0.2, 0) is 0 Å². The molecule has 0 bridgehead atoms. The molecule has 0 fully saturated rings. The van der Waals surface area contributed by atoms with Crippen LogP contribution < -0.4 is 11.1 Å². The van der Waals surface area contributed by atoms with Crippen molar-refractivity contribution in [2.45, 2.75) is 19.9 Å². The Labute approximate surface area is 158 Å². The van der Waals surface area contributed by atoms with Crippen molar-refractivity contribution >= 4 is 63.0 Å². The SMILES string of the molecule is CC(C)N=C(N)c1ccc2nc(Nc3ccccc3)sc2c1.Cl.Cl. The third kappa shape index (κ3) is 4.84. The summed E-state index contributed by atoms with van der Waals surface area (Å²) in [4.78, 5) is 8.99. The van der Waals surface area contributed by atoms with E-state index in [1.54, 1.807) is 11.3 Å². The van der Waals surface area contributed by atoms with E-state index in [0.29, 0.717) is 5.84 Å². The Morgan fingerprint density at radius 1 is 1.12 bits per heavy atom. The monoisotopic (exact) mass is 382 g/mol. The zero-order valence-corrected chi connectivity index (χ0v) is 15.8. The number of amidine groups is 1. The van der Waals surface area contributed by atoms with Gasteiger partial charge >= 0.3 is 0 Å². The predicted molar refractivity (Wildman–Crippen MR) is 110 cm³/mol. The van der Waals surface area contributed by atoms with E-state index in [1.807, 2.05) is 62.4 Å². The van der Waals surface area contributed by atoms with E-state index in [9.17, 15) is 0 Å². The fraction of sp³-hybridized carbons (Fsp3) is 0.176. The Bertz CT molecular complexity index is 816. The van der Waals surface area contributed by atoms with Gasteiger partial charge < -0.3 is 11.1 Å². The number of aliphatic imine (C=N–C) groups is 1. The highest BCUT2D eigenvalue weighted by Gasteiger charge is 2.07. The largest absolute Gasteiger partial charge is 0.383 e. The quantitative estimate of drug-likeness (QED) is 0.492. The number of anilines is 2. The number of nitrogens with one attached hydrogen (secondary N) is 1. The van der Waals surface area contributed by atoms with Gasteiger partial charge in [0.05, 0.1) is 10.2 Å². The minimum Gasteiger partial charge on any atom is -0.383 e. The van der Waals surface area contributed by atoms with Crippen molar-refractivity contribution in [1.29, 1.82) is 0 Å². The van der Waals surface area contributed by atoms with Crippen LogP contribution in [0.1, 0.15) is 19.4 Å². The second-order valence-electron chi connectivity index (χ2n) is 5.30. The Morgan fingerprint density at radius 3 is 2.50 bits per heavy atom. The highest BCUT2D eigenvalue weighted by molar-refractivity contribution is 7.22. The minimum absolute atomic E-state index is 0. The van der Waals surface area contributed by atoms with Crippen molar-refractivity contribution in [2.75, 3.05) is 5.32 Å². The van der Waals surface area contributed by atoms with Gasteiger partial charge in [-0.1, -0.05) is 29.5 Å². The van der Waals surface area contributed by atoms with Gasteiger partial charge in [-0.05, 0) is 44.2 Å². The lowest BCUT2D eigenvalue weighted by Gasteiger charge is -2.02. The number of nitrogens with zero attached hydrogens (tertiary/aromatic N) is 2. The number of fused-ring (bicyclic) bond motifs is 1. The molecule has 4 nitrogen and oxygen atoms in total. The van der Waals surface area contributed by atoms with Gasteiger partial charge in [-0.3, -0.25) is 4.99 Å². The molecule has 0 saturated carbocycles. The Kier molecular flexibility index (Phi) is 7.48. The number of nitrogens with two attached hydrogens (primary N) is 1. The molecule has 0 amide bonds. The summed E-state index contributed by atoms with van der Waals surface area (Å²) in [5.74, 6) is 0.572. The lowest BCUT2D eigenvalue weighted by atomic mass is 10.2. The van der Waals surface area contributed by atoms with Gasteiger partial charge in [0.1, 0.15) is 5.84 Å². The van der Waals surface area contributed by atoms with Gasteiger partial charge in [0.15, 0.2) is 5.13 Å². The molecular formula is C17H20Cl2N4S. The first kappa shape index (κ1) is 20.2. The average Bonchev–Trinajstić information content (AvgIpc) is 2.88. The van der Waals surface area contributed by atoms with Crippen LogP contribution in [0, 0.1) is 0 Å². The first-order valence-corrected chi connectivity index (χ1v) is 8.00. The molecule has 0 atom stereocenters. The summed E-state index contributed by atoms with van der Waals surface area (Å²) >= 11 is 1.61. The highest BCUT2D eigenvalue weighted by Crippen LogP contribution is 2.29. The molecule has 1 heterocycles. The summed E-state index contributed by atoms with van der Waals surface area (Å²) in [5, 5.41) is 4.19. The minimum atomic E-state index is 0. The van der Waals surface area contributed by atoms with Crippen LogP contribution in [0.25, 0.3) is 10.2 Å². The maximum absolute atomic E-state index is 6.04. The number of benzene rings is 2. The topological polar surface area (TPSA) is 63.3 Å². The zero-order chi connectivity index (χ0) is 15.5. The molecule has 0 spiro atoms. The fourth-order valence-electron chi connectivity index (χ4n) is 2.14. The van der Waals surface area contributed by atoms with Gasteiger partial charge in [0.2, 0.25) is 0 Å². The molecule has 3 aromatic rings. The molecule has 0 radical (unpaired) electrons. The number of thiazole rings is 1. The summed E-state index contributed by atoms with van der Waals surface area (Å²) in [6.07, 6.45) is 0. The summed E-state index contributed by atoms with van der Waals surface area (Å²) in [7, 11) is 0. The Balaban J connectivity index is 0.00000144. The van der Waals surface area contributed by atoms with Crippen LogP contribution in [-0.4, -0.2) is 16.9 Å². The van der Waals surface area contributed by atoms with Crippen LogP contribution in [0.2, 0.25) is 0 Å². The molecule has 24 heavy (non-hydrogen) atoms. The summed E-state index contributed by atoms with van der Waals surface area (Å²) in [5.41, 5.74) is 8.97. The Morgan fingerprint density at radius 2 is 1.83 bits per heavy atom. The smallest absolute Gasteiger partial charge is 0.188 e. The van der Waals surface area contributed by atoms with Crippen molar-refractivity contribution in [2.24, 2.45) is 10.7 Å². The molecular weight excluding hydrogens is 363 g/mol. The summed E-state index contributed by atoms with van der Waals surface area (Å²) in [6, 6.07) is 16.2. The molecule has 0 saturated heterocycles.